The monoisotopic (exact) mass is 232 g/mol. The smallest absolute Gasteiger partial charge is 0.396 e. The van der Waals surface area contributed by atoms with Gasteiger partial charge in [-0.3, -0.25) is 4.98 Å². The van der Waals surface area contributed by atoms with Crippen molar-refractivity contribution in [3.8, 4) is 0 Å². The molecule has 1 heterocycles. The van der Waals surface area contributed by atoms with Gasteiger partial charge in [-0.1, -0.05) is 11.2 Å². The molecule has 1 N–H and O–H groups in total. The van der Waals surface area contributed by atoms with Crippen LogP contribution >= 0.6 is 0 Å². The molecule has 0 aliphatic rings. The lowest BCUT2D eigenvalue weighted by atomic mass is 10.1. The summed E-state index contributed by atoms with van der Waals surface area (Å²) >= 11 is 0. The fourth-order valence-electron chi connectivity index (χ4n) is 1.18. The zero-order valence-corrected chi connectivity index (χ0v) is 7.89. The van der Waals surface area contributed by atoms with Crippen molar-refractivity contribution in [3.63, 3.8) is 0 Å². The molecule has 0 aromatic carbocycles. The van der Waals surface area contributed by atoms with Crippen LogP contribution in [0.15, 0.2) is 23.4 Å². The number of nitrogens with zero attached hydrogens (tertiary/aromatic N) is 4. The summed E-state index contributed by atoms with van der Waals surface area (Å²) in [5.74, 6) is 0. The van der Waals surface area contributed by atoms with Gasteiger partial charge in [0.2, 0.25) is 0 Å². The molecular formula is C8H7F3N4O. The minimum atomic E-state index is -4.64. The van der Waals surface area contributed by atoms with Gasteiger partial charge in [0.15, 0.2) is 0 Å². The third kappa shape index (κ3) is 2.62. The highest BCUT2D eigenvalue weighted by Gasteiger charge is 2.36. The van der Waals surface area contributed by atoms with Gasteiger partial charge in [-0.05, 0) is 17.2 Å². The van der Waals surface area contributed by atoms with E-state index in [-0.39, 0.29) is 5.56 Å². The maximum atomic E-state index is 12.5. The van der Waals surface area contributed by atoms with E-state index in [1.54, 1.807) is 0 Å². The Morgan fingerprint density at radius 3 is 2.75 bits per heavy atom. The molecule has 0 aliphatic carbocycles. The minimum Gasteiger partial charge on any atom is -0.396 e. The van der Waals surface area contributed by atoms with Crippen LogP contribution in [0, 0.1) is 0 Å². The van der Waals surface area contributed by atoms with E-state index in [1.807, 2.05) is 0 Å². The number of pyridine rings is 1. The number of aromatic nitrogens is 1. The first-order valence-electron chi connectivity index (χ1n) is 4.18. The molecule has 0 bridgehead atoms. The van der Waals surface area contributed by atoms with E-state index < -0.39 is 24.5 Å². The van der Waals surface area contributed by atoms with Crippen molar-refractivity contribution in [3.05, 3.63) is 40.0 Å². The van der Waals surface area contributed by atoms with Crippen LogP contribution in [0.25, 0.3) is 10.4 Å². The van der Waals surface area contributed by atoms with Crippen molar-refractivity contribution < 1.29 is 18.3 Å². The summed E-state index contributed by atoms with van der Waals surface area (Å²) in [6, 6.07) is 1.11. The van der Waals surface area contributed by atoms with Crippen LogP contribution in [0.4, 0.5) is 13.2 Å². The summed E-state index contributed by atoms with van der Waals surface area (Å²) in [4.78, 5) is 5.56. The summed E-state index contributed by atoms with van der Waals surface area (Å²) in [6.07, 6.45) is -3.66. The Labute approximate surface area is 88.2 Å². The standard InChI is InChI=1S/C8H7F3N4O/c9-8(10,11)7-5(2-1-3-13-7)6(4-16)14-15-12/h1-3,6,16H,4H2. The summed E-state index contributed by atoms with van der Waals surface area (Å²) in [6.45, 7) is -0.709. The Kier molecular flexibility index (Phi) is 3.70. The highest BCUT2D eigenvalue weighted by Crippen LogP contribution is 2.33. The molecule has 5 nitrogen and oxygen atoms in total. The summed E-state index contributed by atoms with van der Waals surface area (Å²) in [5.41, 5.74) is 6.68. The first-order chi connectivity index (χ1) is 7.50. The highest BCUT2D eigenvalue weighted by atomic mass is 19.4. The minimum absolute atomic E-state index is 0.338. The molecule has 0 radical (unpaired) electrons. The van der Waals surface area contributed by atoms with Crippen LogP contribution in [0.5, 0.6) is 0 Å². The van der Waals surface area contributed by atoms with E-state index in [9.17, 15) is 13.2 Å². The van der Waals surface area contributed by atoms with Gasteiger partial charge >= 0.3 is 6.18 Å². The summed E-state index contributed by atoms with van der Waals surface area (Å²) < 4.78 is 37.5. The van der Waals surface area contributed by atoms with Crippen molar-refractivity contribution in [2.24, 2.45) is 5.11 Å². The molecule has 0 fully saturated rings. The molecule has 0 amide bonds. The number of halogens is 3. The topological polar surface area (TPSA) is 81.9 Å². The first-order valence-corrected chi connectivity index (χ1v) is 4.18. The van der Waals surface area contributed by atoms with Gasteiger partial charge in [-0.25, -0.2) is 0 Å². The number of rotatable bonds is 3. The Balaban J connectivity index is 3.27. The molecule has 0 saturated carbocycles. The van der Waals surface area contributed by atoms with E-state index in [0.29, 0.717) is 0 Å². The number of aliphatic hydroxyl groups is 1. The van der Waals surface area contributed by atoms with Crippen LogP contribution in [-0.4, -0.2) is 16.7 Å². The van der Waals surface area contributed by atoms with Crippen molar-refractivity contribution in [2.45, 2.75) is 12.2 Å². The van der Waals surface area contributed by atoms with Crippen molar-refractivity contribution in [1.82, 2.24) is 4.98 Å². The molecule has 1 rings (SSSR count). The predicted octanol–water partition coefficient (Wildman–Crippen LogP) is 2.44. The number of alkyl halides is 3. The third-order valence-corrected chi connectivity index (χ3v) is 1.83. The predicted molar refractivity (Wildman–Crippen MR) is 48.2 cm³/mol. The SMILES string of the molecule is [N-]=[N+]=NC(CO)c1cccnc1C(F)(F)F. The zero-order valence-electron chi connectivity index (χ0n) is 7.89. The molecule has 1 aromatic rings. The van der Waals surface area contributed by atoms with Crippen LogP contribution in [0.1, 0.15) is 17.3 Å². The van der Waals surface area contributed by atoms with Crippen LogP contribution in [0.2, 0.25) is 0 Å². The fourth-order valence-corrected chi connectivity index (χ4v) is 1.18. The second-order valence-corrected chi connectivity index (χ2v) is 2.84. The number of hydrogen-bond donors (Lipinski definition) is 1. The van der Waals surface area contributed by atoms with Crippen LogP contribution < -0.4 is 0 Å². The largest absolute Gasteiger partial charge is 0.433 e. The van der Waals surface area contributed by atoms with E-state index in [0.717, 1.165) is 12.3 Å². The summed E-state index contributed by atoms with van der Waals surface area (Å²) in [7, 11) is 0. The molecule has 1 aromatic heterocycles. The zero-order chi connectivity index (χ0) is 12.2. The molecular weight excluding hydrogens is 225 g/mol. The molecule has 8 heteroatoms. The molecule has 0 spiro atoms. The van der Waals surface area contributed by atoms with Crippen LogP contribution in [0.3, 0.4) is 0 Å². The van der Waals surface area contributed by atoms with E-state index in [2.05, 4.69) is 15.0 Å². The maximum absolute atomic E-state index is 12.5. The fraction of sp³-hybridized carbons (Fsp3) is 0.375. The summed E-state index contributed by atoms with van der Waals surface area (Å²) in [5, 5.41) is 11.9. The Hall–Kier alpha value is -1.79. The lowest BCUT2D eigenvalue weighted by molar-refractivity contribution is -0.142. The normalized spacial score (nSPS) is 13.0. The average Bonchev–Trinajstić information content (AvgIpc) is 2.25. The second kappa shape index (κ2) is 4.82. The van der Waals surface area contributed by atoms with Gasteiger partial charge in [-0.15, -0.1) is 0 Å². The van der Waals surface area contributed by atoms with Crippen LogP contribution in [-0.2, 0) is 6.18 Å². The Bertz CT molecular complexity index is 414. The Morgan fingerprint density at radius 2 is 2.25 bits per heavy atom. The van der Waals surface area contributed by atoms with Crippen molar-refractivity contribution in [1.29, 1.82) is 0 Å². The van der Waals surface area contributed by atoms with Crippen molar-refractivity contribution in [2.75, 3.05) is 6.61 Å². The van der Waals surface area contributed by atoms with Gasteiger partial charge in [-0.2, -0.15) is 13.2 Å². The van der Waals surface area contributed by atoms with Gasteiger partial charge in [0.25, 0.3) is 0 Å². The lowest BCUT2D eigenvalue weighted by Gasteiger charge is -2.14. The van der Waals surface area contributed by atoms with E-state index in [4.69, 9.17) is 10.6 Å². The van der Waals surface area contributed by atoms with Gasteiger partial charge in [0, 0.05) is 11.1 Å². The number of azide groups is 1. The maximum Gasteiger partial charge on any atom is 0.433 e. The molecule has 86 valence electrons. The molecule has 1 unspecified atom stereocenters. The lowest BCUT2D eigenvalue weighted by Crippen LogP contribution is -2.15. The number of hydrogen-bond acceptors (Lipinski definition) is 3. The van der Waals surface area contributed by atoms with E-state index >= 15 is 0 Å². The average molecular weight is 232 g/mol. The molecule has 0 saturated heterocycles. The quantitative estimate of drug-likeness (QED) is 0.493. The second-order valence-electron chi connectivity index (χ2n) is 2.84. The number of aliphatic hydroxyl groups excluding tert-OH is 1. The van der Waals surface area contributed by atoms with E-state index in [1.165, 1.54) is 6.07 Å². The van der Waals surface area contributed by atoms with Crippen molar-refractivity contribution >= 4 is 0 Å². The molecule has 1 atom stereocenters. The first kappa shape index (κ1) is 12.3. The van der Waals surface area contributed by atoms with Gasteiger partial charge in [0.05, 0.1) is 12.6 Å². The Morgan fingerprint density at radius 1 is 1.56 bits per heavy atom. The molecule has 16 heavy (non-hydrogen) atoms. The third-order valence-electron chi connectivity index (χ3n) is 1.83. The molecule has 0 aliphatic heterocycles. The highest BCUT2D eigenvalue weighted by molar-refractivity contribution is 5.26. The van der Waals surface area contributed by atoms with Gasteiger partial charge in [0.1, 0.15) is 5.69 Å². The van der Waals surface area contributed by atoms with Gasteiger partial charge < -0.3 is 5.11 Å².